The molecule has 0 amide bonds. The Morgan fingerprint density at radius 2 is 1.90 bits per heavy atom. The molecule has 2 N–H and O–H groups in total. The highest BCUT2D eigenvalue weighted by Crippen LogP contribution is 2.55. The minimum Gasteiger partial charge on any atom is -0.458 e. The van der Waals surface area contributed by atoms with Gasteiger partial charge in [-0.3, -0.25) is 14.8 Å². The average molecular weight is 424 g/mol. The summed E-state index contributed by atoms with van der Waals surface area (Å²) < 4.78 is 16.7. The number of hydrogen-bond donors (Lipinski definition) is 2. The maximum atomic E-state index is 12.5. The number of carbonyl (C=O) groups excluding carboxylic acids is 3. The molecule has 2 aliphatic carbocycles. The number of carbonyl (C=O) groups is 3. The number of fused-ring (bicyclic) bond motifs is 3. The number of esters is 3. The van der Waals surface area contributed by atoms with Gasteiger partial charge in [0.15, 0.2) is 12.2 Å². The van der Waals surface area contributed by atoms with E-state index in [1.165, 1.54) is 13.8 Å². The van der Waals surface area contributed by atoms with E-state index >= 15 is 0 Å². The van der Waals surface area contributed by atoms with E-state index in [-0.39, 0.29) is 5.57 Å². The van der Waals surface area contributed by atoms with Crippen LogP contribution in [0.5, 0.6) is 0 Å². The number of hydrogen-bond acceptors (Lipinski definition) is 9. The molecule has 0 unspecified atom stereocenters. The van der Waals surface area contributed by atoms with E-state index in [4.69, 9.17) is 19.1 Å². The molecule has 1 heterocycles. The van der Waals surface area contributed by atoms with Crippen molar-refractivity contribution in [2.24, 2.45) is 23.7 Å². The first-order valence-electron chi connectivity index (χ1n) is 9.87. The van der Waals surface area contributed by atoms with Gasteiger partial charge in [-0.1, -0.05) is 32.6 Å². The highest BCUT2D eigenvalue weighted by atomic mass is 17.1. The zero-order valence-electron chi connectivity index (χ0n) is 17.7. The van der Waals surface area contributed by atoms with Crippen molar-refractivity contribution < 1.29 is 43.8 Å². The minimum atomic E-state index is -1.75. The minimum absolute atomic E-state index is 0.0300. The predicted molar refractivity (Wildman–Crippen MR) is 102 cm³/mol. The highest BCUT2D eigenvalue weighted by Gasteiger charge is 2.67. The van der Waals surface area contributed by atoms with E-state index < -0.39 is 71.1 Å². The fraction of sp³-hybridized carbons (Fsp3) is 0.667. The van der Waals surface area contributed by atoms with Gasteiger partial charge in [0.1, 0.15) is 17.3 Å². The Morgan fingerprint density at radius 1 is 1.27 bits per heavy atom. The zero-order valence-corrected chi connectivity index (χ0v) is 17.7. The lowest BCUT2D eigenvalue weighted by molar-refractivity contribution is -0.324. The molecule has 0 spiro atoms. The van der Waals surface area contributed by atoms with Crippen LogP contribution in [0.15, 0.2) is 24.3 Å². The first-order chi connectivity index (χ1) is 13.8. The second kappa shape index (κ2) is 7.47. The Hall–Kier alpha value is -2.23. The normalized spacial score (nSPS) is 42.4. The monoisotopic (exact) mass is 424 g/mol. The average Bonchev–Trinajstić information content (AvgIpc) is 3.13. The van der Waals surface area contributed by atoms with Gasteiger partial charge in [-0.15, -0.1) is 0 Å². The van der Waals surface area contributed by atoms with Crippen LogP contribution in [0, 0.1) is 23.7 Å². The third-order valence-corrected chi connectivity index (χ3v) is 6.42. The van der Waals surface area contributed by atoms with Crippen LogP contribution in [-0.4, -0.2) is 57.8 Å². The van der Waals surface area contributed by atoms with Crippen LogP contribution in [0.4, 0.5) is 0 Å². The molecular weight excluding hydrogens is 396 g/mol. The van der Waals surface area contributed by atoms with Crippen LogP contribution in [0.3, 0.4) is 0 Å². The molecule has 3 aliphatic rings. The standard InChI is InChI=1S/C21H28O9/c1-9(2)18(23)29-16-13-10(3)19(24)28-15(13)14-12(7-8-20(14,5)30-26)21(6,25)17(16)27-11(4)22/h7-9,12-17,25-26H,3H2,1-2,4-6H3/t12-,13+,14-,15+,16+,17+,20-,21-/m0/s1. The van der Waals surface area contributed by atoms with E-state index in [1.54, 1.807) is 32.9 Å². The SMILES string of the molecule is C=C1C(=O)O[C@@H]2[C@@H]1[C@@H](OC(=O)C(C)C)[C@@H](OC(C)=O)[C@@](C)(O)[C@H]1C=C[C@](C)(OO)[C@H]21. The Kier molecular flexibility index (Phi) is 5.59. The van der Waals surface area contributed by atoms with E-state index in [0.717, 1.165) is 0 Å². The van der Waals surface area contributed by atoms with Crippen molar-refractivity contribution in [2.75, 3.05) is 0 Å². The Morgan fingerprint density at radius 3 is 2.43 bits per heavy atom. The van der Waals surface area contributed by atoms with Crippen LogP contribution in [-0.2, 0) is 33.5 Å². The van der Waals surface area contributed by atoms with Gasteiger partial charge in [0.25, 0.3) is 0 Å². The van der Waals surface area contributed by atoms with Crippen molar-refractivity contribution in [1.82, 2.24) is 0 Å². The van der Waals surface area contributed by atoms with Crippen molar-refractivity contribution in [3.63, 3.8) is 0 Å². The Labute approximate surface area is 174 Å². The van der Waals surface area contributed by atoms with Gasteiger partial charge in [-0.2, -0.15) is 0 Å². The van der Waals surface area contributed by atoms with E-state index in [9.17, 15) is 24.7 Å². The molecule has 166 valence electrons. The smallest absolute Gasteiger partial charge is 0.334 e. The van der Waals surface area contributed by atoms with Crippen molar-refractivity contribution in [1.29, 1.82) is 0 Å². The van der Waals surface area contributed by atoms with E-state index in [1.807, 2.05) is 0 Å². The van der Waals surface area contributed by atoms with Gasteiger partial charge in [0, 0.05) is 24.3 Å². The topological polar surface area (TPSA) is 129 Å². The molecule has 1 saturated heterocycles. The number of aliphatic hydroxyl groups is 1. The third kappa shape index (κ3) is 3.34. The van der Waals surface area contributed by atoms with Crippen molar-refractivity contribution in [3.8, 4) is 0 Å². The highest BCUT2D eigenvalue weighted by molar-refractivity contribution is 5.91. The fourth-order valence-corrected chi connectivity index (χ4v) is 4.83. The summed E-state index contributed by atoms with van der Waals surface area (Å²) in [7, 11) is 0. The summed E-state index contributed by atoms with van der Waals surface area (Å²) in [6.45, 7) is 11.3. The summed E-state index contributed by atoms with van der Waals surface area (Å²) in [5.41, 5.74) is -3.02. The summed E-state index contributed by atoms with van der Waals surface area (Å²) in [5.74, 6) is -4.92. The number of ether oxygens (including phenoxy) is 3. The molecule has 0 radical (unpaired) electrons. The number of rotatable bonds is 4. The molecule has 9 heteroatoms. The van der Waals surface area contributed by atoms with Gasteiger partial charge in [-0.25, -0.2) is 9.68 Å². The molecule has 3 rings (SSSR count). The molecule has 1 saturated carbocycles. The van der Waals surface area contributed by atoms with Gasteiger partial charge < -0.3 is 19.3 Å². The van der Waals surface area contributed by atoms with E-state index in [2.05, 4.69) is 6.58 Å². The molecule has 1 aliphatic heterocycles. The maximum Gasteiger partial charge on any atom is 0.334 e. The van der Waals surface area contributed by atoms with Crippen LogP contribution >= 0.6 is 0 Å². The van der Waals surface area contributed by atoms with Crippen molar-refractivity contribution >= 4 is 17.9 Å². The second-order valence-corrected chi connectivity index (χ2v) is 8.92. The molecule has 2 fully saturated rings. The van der Waals surface area contributed by atoms with E-state index in [0.29, 0.717) is 0 Å². The summed E-state index contributed by atoms with van der Waals surface area (Å²) in [6, 6.07) is 0. The molecule has 30 heavy (non-hydrogen) atoms. The molecule has 0 aromatic carbocycles. The van der Waals surface area contributed by atoms with Crippen LogP contribution in [0.25, 0.3) is 0 Å². The van der Waals surface area contributed by atoms with Crippen LogP contribution < -0.4 is 0 Å². The lowest BCUT2D eigenvalue weighted by Crippen LogP contribution is -2.56. The Bertz CT molecular complexity index is 798. The molecule has 0 aromatic rings. The lowest BCUT2D eigenvalue weighted by Gasteiger charge is -2.41. The van der Waals surface area contributed by atoms with Gasteiger partial charge >= 0.3 is 17.9 Å². The second-order valence-electron chi connectivity index (χ2n) is 8.92. The summed E-state index contributed by atoms with van der Waals surface area (Å²) >= 11 is 0. The molecule has 9 nitrogen and oxygen atoms in total. The van der Waals surface area contributed by atoms with Crippen molar-refractivity contribution in [3.05, 3.63) is 24.3 Å². The lowest BCUT2D eigenvalue weighted by atomic mass is 9.73. The van der Waals surface area contributed by atoms with Gasteiger partial charge in [-0.05, 0) is 13.8 Å². The van der Waals surface area contributed by atoms with Gasteiger partial charge in [0.05, 0.1) is 11.8 Å². The largest absolute Gasteiger partial charge is 0.458 e. The van der Waals surface area contributed by atoms with Crippen LogP contribution in [0.1, 0.15) is 34.6 Å². The summed E-state index contributed by atoms with van der Waals surface area (Å²) in [6.07, 6.45) is -0.314. The maximum absolute atomic E-state index is 12.5. The van der Waals surface area contributed by atoms with Crippen LogP contribution in [0.2, 0.25) is 0 Å². The first kappa shape index (κ1) is 22.5. The molecule has 0 bridgehead atoms. The first-order valence-corrected chi connectivity index (χ1v) is 9.87. The van der Waals surface area contributed by atoms with Crippen molar-refractivity contribution in [2.45, 2.75) is 64.1 Å². The zero-order chi connectivity index (χ0) is 22.6. The summed E-state index contributed by atoms with van der Waals surface area (Å²) in [4.78, 5) is 41.6. The molecule has 8 atom stereocenters. The third-order valence-electron chi connectivity index (χ3n) is 6.42. The van der Waals surface area contributed by atoms with Gasteiger partial charge in [0.2, 0.25) is 0 Å². The molecular formula is C21H28O9. The predicted octanol–water partition coefficient (Wildman–Crippen LogP) is 1.40. The molecule has 0 aromatic heterocycles. The quantitative estimate of drug-likeness (QED) is 0.172. The summed E-state index contributed by atoms with van der Waals surface area (Å²) in [5, 5.41) is 21.2. The fourth-order valence-electron chi connectivity index (χ4n) is 4.83. The Balaban J connectivity index is 2.20.